The van der Waals surface area contributed by atoms with Crippen LogP contribution in [0.25, 0.3) is 5.69 Å². The number of benzene rings is 2. The summed E-state index contributed by atoms with van der Waals surface area (Å²) in [6.07, 6.45) is 0.886. The van der Waals surface area contributed by atoms with Gasteiger partial charge in [0.2, 0.25) is 0 Å². The van der Waals surface area contributed by atoms with Gasteiger partial charge in [-0.2, -0.15) is 0 Å². The van der Waals surface area contributed by atoms with Crippen LogP contribution in [0.1, 0.15) is 38.7 Å². The summed E-state index contributed by atoms with van der Waals surface area (Å²) < 4.78 is 1.25. The van der Waals surface area contributed by atoms with Gasteiger partial charge in [0, 0.05) is 12.6 Å². The average Bonchev–Trinajstić information content (AvgIpc) is 2.90. The maximum Gasteiger partial charge on any atom is 0.262 e. The standard InChI is InChI=1S/C22H19N5O3/c23-20-19-14(21(29)26-22(19)30)11-18(28)27(20)13-7-5-12(6-8-13)15-9-10-24-16-3-1-2-4-17(16)25-15/h1-8,11,15,24-25H,9-10,23H2,(H,26,29,30). The number of rotatable bonds is 2. The summed E-state index contributed by atoms with van der Waals surface area (Å²) in [6.45, 7) is 0.830. The molecule has 0 fully saturated rings. The Labute approximate surface area is 171 Å². The van der Waals surface area contributed by atoms with E-state index in [4.69, 9.17) is 5.73 Å². The third kappa shape index (κ3) is 2.81. The Kier molecular flexibility index (Phi) is 4.06. The number of anilines is 3. The molecule has 0 radical (unpaired) electrons. The Bertz CT molecular complexity index is 1250. The van der Waals surface area contributed by atoms with Gasteiger partial charge in [-0.3, -0.25) is 24.3 Å². The van der Waals surface area contributed by atoms with Crippen molar-refractivity contribution in [2.45, 2.75) is 12.5 Å². The number of hydrogen-bond donors (Lipinski definition) is 4. The monoisotopic (exact) mass is 401 g/mol. The van der Waals surface area contributed by atoms with Crippen molar-refractivity contribution >= 4 is 29.0 Å². The van der Waals surface area contributed by atoms with Crippen LogP contribution in [0.2, 0.25) is 0 Å². The van der Waals surface area contributed by atoms with Gasteiger partial charge in [0.1, 0.15) is 5.82 Å². The van der Waals surface area contributed by atoms with Gasteiger partial charge in [-0.05, 0) is 36.2 Å². The van der Waals surface area contributed by atoms with Crippen molar-refractivity contribution in [3.05, 3.63) is 81.6 Å². The number of hydrogen-bond acceptors (Lipinski definition) is 6. The highest BCUT2D eigenvalue weighted by atomic mass is 16.2. The molecule has 1 unspecified atom stereocenters. The molecule has 5 rings (SSSR count). The largest absolute Gasteiger partial charge is 0.384 e. The number of nitrogens with one attached hydrogen (secondary N) is 3. The highest BCUT2D eigenvalue weighted by Gasteiger charge is 2.31. The smallest absolute Gasteiger partial charge is 0.262 e. The predicted octanol–water partition coefficient (Wildman–Crippen LogP) is 2.27. The van der Waals surface area contributed by atoms with Crippen molar-refractivity contribution in [3.8, 4) is 5.69 Å². The van der Waals surface area contributed by atoms with Crippen molar-refractivity contribution in [1.82, 2.24) is 9.88 Å². The van der Waals surface area contributed by atoms with Crippen LogP contribution in [-0.2, 0) is 0 Å². The lowest BCUT2D eigenvalue weighted by atomic mass is 10.0. The summed E-state index contributed by atoms with van der Waals surface area (Å²) in [6, 6.07) is 16.8. The van der Waals surface area contributed by atoms with Gasteiger partial charge in [-0.1, -0.05) is 24.3 Å². The molecule has 30 heavy (non-hydrogen) atoms. The number of para-hydroxylation sites is 2. The number of aromatic nitrogens is 1. The average molecular weight is 401 g/mol. The molecule has 150 valence electrons. The minimum atomic E-state index is -0.602. The Morgan fingerprint density at radius 1 is 0.933 bits per heavy atom. The van der Waals surface area contributed by atoms with Crippen molar-refractivity contribution < 1.29 is 9.59 Å². The van der Waals surface area contributed by atoms with E-state index >= 15 is 0 Å². The van der Waals surface area contributed by atoms with Crippen LogP contribution in [-0.4, -0.2) is 22.9 Å². The predicted molar refractivity (Wildman–Crippen MR) is 114 cm³/mol. The molecule has 3 heterocycles. The van der Waals surface area contributed by atoms with E-state index in [-0.39, 0.29) is 23.0 Å². The van der Waals surface area contributed by atoms with E-state index < -0.39 is 17.4 Å². The Hall–Kier alpha value is -4.07. The van der Waals surface area contributed by atoms with Gasteiger partial charge in [0.15, 0.2) is 0 Å². The van der Waals surface area contributed by atoms with E-state index in [1.54, 1.807) is 12.1 Å². The first-order valence-corrected chi connectivity index (χ1v) is 9.64. The number of nitrogen functional groups attached to an aromatic ring is 1. The first-order chi connectivity index (χ1) is 14.5. The van der Waals surface area contributed by atoms with Crippen molar-refractivity contribution in [1.29, 1.82) is 0 Å². The minimum absolute atomic E-state index is 0.0178. The van der Waals surface area contributed by atoms with Gasteiger partial charge < -0.3 is 16.4 Å². The zero-order valence-electron chi connectivity index (χ0n) is 15.9. The zero-order valence-corrected chi connectivity index (χ0v) is 15.9. The molecular weight excluding hydrogens is 382 g/mol. The number of pyridine rings is 1. The molecule has 2 aromatic carbocycles. The molecule has 0 bridgehead atoms. The summed E-state index contributed by atoms with van der Waals surface area (Å²) in [5, 5.41) is 9.15. The summed E-state index contributed by atoms with van der Waals surface area (Å²) in [5.41, 5.74) is 9.41. The second-order valence-electron chi connectivity index (χ2n) is 7.32. The molecule has 0 aliphatic carbocycles. The molecule has 2 aliphatic rings. The number of amides is 2. The van der Waals surface area contributed by atoms with Crippen LogP contribution >= 0.6 is 0 Å². The zero-order chi connectivity index (χ0) is 20.8. The second-order valence-corrected chi connectivity index (χ2v) is 7.32. The molecule has 8 nitrogen and oxygen atoms in total. The molecule has 5 N–H and O–H groups in total. The fraction of sp³-hybridized carbons (Fsp3) is 0.136. The van der Waals surface area contributed by atoms with Gasteiger partial charge in [0.05, 0.1) is 34.2 Å². The number of fused-ring (bicyclic) bond motifs is 2. The fourth-order valence-corrected chi connectivity index (χ4v) is 4.03. The lowest BCUT2D eigenvalue weighted by molar-refractivity contribution is 0.0880. The minimum Gasteiger partial charge on any atom is -0.384 e. The second kappa shape index (κ2) is 6.77. The number of carbonyl (C=O) groups is 2. The van der Waals surface area contributed by atoms with Crippen molar-refractivity contribution in [2.75, 3.05) is 22.9 Å². The first-order valence-electron chi connectivity index (χ1n) is 9.64. The van der Waals surface area contributed by atoms with Gasteiger partial charge >= 0.3 is 0 Å². The van der Waals surface area contributed by atoms with Gasteiger partial charge in [-0.25, -0.2) is 0 Å². The molecular formula is C22H19N5O3. The van der Waals surface area contributed by atoms with Crippen LogP contribution in [0.3, 0.4) is 0 Å². The van der Waals surface area contributed by atoms with Gasteiger partial charge in [-0.15, -0.1) is 0 Å². The number of nitrogens with zero attached hydrogens (tertiary/aromatic N) is 1. The Balaban J connectivity index is 1.50. The highest BCUT2D eigenvalue weighted by molar-refractivity contribution is 6.23. The van der Waals surface area contributed by atoms with E-state index in [0.717, 1.165) is 36.0 Å². The molecule has 2 amide bonds. The third-order valence-electron chi connectivity index (χ3n) is 5.51. The van der Waals surface area contributed by atoms with Crippen molar-refractivity contribution in [2.24, 2.45) is 0 Å². The van der Waals surface area contributed by atoms with E-state index in [0.29, 0.717) is 5.69 Å². The SMILES string of the molecule is Nc1c2c(cc(=O)n1-c1ccc(C3CCNc4ccccc4N3)cc1)C(=O)NC2=O. The molecule has 0 saturated carbocycles. The van der Waals surface area contributed by atoms with Crippen LogP contribution in [0.4, 0.5) is 17.2 Å². The summed E-state index contributed by atoms with van der Waals surface area (Å²) in [4.78, 5) is 36.5. The van der Waals surface area contributed by atoms with E-state index in [2.05, 4.69) is 16.0 Å². The third-order valence-corrected chi connectivity index (χ3v) is 5.51. The quantitative estimate of drug-likeness (QED) is 0.489. The van der Waals surface area contributed by atoms with Crippen LogP contribution in [0.5, 0.6) is 0 Å². The summed E-state index contributed by atoms with van der Waals surface area (Å²) in [5.74, 6) is -1.24. The Morgan fingerprint density at radius 3 is 2.43 bits per heavy atom. The van der Waals surface area contributed by atoms with E-state index in [1.807, 2.05) is 36.4 Å². The van der Waals surface area contributed by atoms with Crippen LogP contribution < -0.4 is 27.2 Å². The first kappa shape index (κ1) is 18.0. The lowest BCUT2D eigenvalue weighted by Crippen LogP contribution is -2.24. The molecule has 1 aromatic heterocycles. The molecule has 1 atom stereocenters. The normalized spacial score (nSPS) is 17.3. The Morgan fingerprint density at radius 2 is 1.67 bits per heavy atom. The number of imide groups is 1. The molecule has 0 spiro atoms. The van der Waals surface area contributed by atoms with Crippen molar-refractivity contribution in [3.63, 3.8) is 0 Å². The molecule has 8 heteroatoms. The van der Waals surface area contributed by atoms with Crippen LogP contribution in [0.15, 0.2) is 59.4 Å². The highest BCUT2D eigenvalue weighted by Crippen LogP contribution is 2.31. The maximum absolute atomic E-state index is 12.6. The van der Waals surface area contributed by atoms with E-state index in [9.17, 15) is 14.4 Å². The van der Waals surface area contributed by atoms with Crippen LogP contribution in [0, 0.1) is 0 Å². The number of carbonyl (C=O) groups excluding carboxylic acids is 2. The number of nitrogens with two attached hydrogens (primary N) is 1. The molecule has 3 aromatic rings. The summed E-state index contributed by atoms with van der Waals surface area (Å²) in [7, 11) is 0. The van der Waals surface area contributed by atoms with E-state index in [1.165, 1.54) is 4.57 Å². The van der Waals surface area contributed by atoms with Gasteiger partial charge in [0.25, 0.3) is 17.4 Å². The maximum atomic E-state index is 12.6. The fourth-order valence-electron chi connectivity index (χ4n) is 4.03. The summed E-state index contributed by atoms with van der Waals surface area (Å²) >= 11 is 0. The molecule has 2 aliphatic heterocycles. The lowest BCUT2D eigenvalue weighted by Gasteiger charge is -2.19. The topological polar surface area (TPSA) is 118 Å². The molecule has 0 saturated heterocycles.